The fraction of sp³-hybridized carbons (Fsp3) is 0.333. The topological polar surface area (TPSA) is 112 Å². The van der Waals surface area contributed by atoms with Crippen LogP contribution in [0.4, 0.5) is 5.69 Å². The van der Waals surface area contributed by atoms with E-state index < -0.39 is 10.0 Å². The maximum Gasteiger partial charge on any atom is 0.240 e. The van der Waals surface area contributed by atoms with Crippen LogP contribution in [0.3, 0.4) is 0 Å². The van der Waals surface area contributed by atoms with Gasteiger partial charge in [-0.15, -0.1) is 10.2 Å². The molecule has 9 heteroatoms. The fourth-order valence-electron chi connectivity index (χ4n) is 1.77. The molecule has 2 aromatic rings. The maximum absolute atomic E-state index is 12.2. The number of aromatic nitrogens is 3. The van der Waals surface area contributed by atoms with Gasteiger partial charge in [-0.05, 0) is 12.1 Å². The smallest absolute Gasteiger partial charge is 0.240 e. The van der Waals surface area contributed by atoms with Gasteiger partial charge in [-0.2, -0.15) is 0 Å². The molecule has 3 N–H and O–H groups in total. The number of hydrogen-bond donors (Lipinski definition) is 2. The predicted molar refractivity (Wildman–Crippen MR) is 77.3 cm³/mol. The Kier molecular flexibility index (Phi) is 4.43. The van der Waals surface area contributed by atoms with Crippen molar-refractivity contribution in [1.82, 2.24) is 19.5 Å². The zero-order chi connectivity index (χ0) is 15.5. The maximum atomic E-state index is 12.2. The quantitative estimate of drug-likeness (QED) is 0.722. The first-order valence-corrected chi connectivity index (χ1v) is 7.68. The van der Waals surface area contributed by atoms with E-state index in [0.717, 1.165) is 0 Å². The monoisotopic (exact) mass is 311 g/mol. The van der Waals surface area contributed by atoms with Crippen molar-refractivity contribution in [2.45, 2.75) is 11.3 Å². The van der Waals surface area contributed by atoms with E-state index in [9.17, 15) is 8.42 Å². The van der Waals surface area contributed by atoms with Crippen molar-refractivity contribution in [2.75, 3.05) is 19.4 Å². The third-order valence-electron chi connectivity index (χ3n) is 2.96. The van der Waals surface area contributed by atoms with Gasteiger partial charge in [0.05, 0.1) is 17.7 Å². The minimum atomic E-state index is -3.62. The van der Waals surface area contributed by atoms with Crippen LogP contribution in [0, 0.1) is 0 Å². The normalized spacial score (nSPS) is 11.5. The van der Waals surface area contributed by atoms with E-state index in [-0.39, 0.29) is 11.4 Å². The molecule has 1 aromatic heterocycles. The standard InChI is InChI=1S/C12H17N5O3S/c1-17-8-14-16-12(17)5-6-15-21(18,19)9-3-4-10(13)11(7-9)20-2/h3-4,7-8,15H,5-6,13H2,1-2H3. The molecule has 0 aliphatic carbocycles. The van der Waals surface area contributed by atoms with Gasteiger partial charge in [0.15, 0.2) is 0 Å². The highest BCUT2D eigenvalue weighted by atomic mass is 32.2. The van der Waals surface area contributed by atoms with Crippen LogP contribution in [0.2, 0.25) is 0 Å². The molecule has 21 heavy (non-hydrogen) atoms. The zero-order valence-corrected chi connectivity index (χ0v) is 12.6. The molecular formula is C12H17N5O3S. The number of methoxy groups -OCH3 is 1. The number of ether oxygens (including phenoxy) is 1. The molecule has 1 aromatic carbocycles. The summed E-state index contributed by atoms with van der Waals surface area (Å²) in [6, 6.07) is 4.32. The lowest BCUT2D eigenvalue weighted by Crippen LogP contribution is -2.26. The number of benzene rings is 1. The molecule has 0 bridgehead atoms. The minimum Gasteiger partial charge on any atom is -0.495 e. The first-order chi connectivity index (χ1) is 9.94. The molecule has 8 nitrogen and oxygen atoms in total. The van der Waals surface area contributed by atoms with Crippen molar-refractivity contribution in [3.63, 3.8) is 0 Å². The van der Waals surface area contributed by atoms with E-state index in [1.165, 1.54) is 25.3 Å². The van der Waals surface area contributed by atoms with Gasteiger partial charge in [0.1, 0.15) is 17.9 Å². The third kappa shape index (κ3) is 3.50. The summed E-state index contributed by atoms with van der Waals surface area (Å²) < 4.78 is 33.6. The second-order valence-electron chi connectivity index (χ2n) is 4.41. The van der Waals surface area contributed by atoms with E-state index in [1.54, 1.807) is 17.9 Å². The van der Waals surface area contributed by atoms with Gasteiger partial charge in [-0.3, -0.25) is 0 Å². The number of nitrogen functional groups attached to an aromatic ring is 1. The van der Waals surface area contributed by atoms with Crippen LogP contribution in [0.1, 0.15) is 5.82 Å². The summed E-state index contributed by atoms with van der Waals surface area (Å²) in [5.74, 6) is 1.03. The first-order valence-electron chi connectivity index (χ1n) is 6.20. The van der Waals surface area contributed by atoms with Gasteiger partial charge in [-0.25, -0.2) is 13.1 Å². The van der Waals surface area contributed by atoms with E-state index in [0.29, 0.717) is 23.7 Å². The number of nitrogens with one attached hydrogen (secondary N) is 1. The Balaban J connectivity index is 2.06. The lowest BCUT2D eigenvalue weighted by molar-refractivity contribution is 0.415. The highest BCUT2D eigenvalue weighted by Crippen LogP contribution is 2.24. The van der Waals surface area contributed by atoms with Crippen LogP contribution in [0.25, 0.3) is 0 Å². The number of aryl methyl sites for hydroxylation is 1. The highest BCUT2D eigenvalue weighted by molar-refractivity contribution is 7.89. The number of anilines is 1. The molecule has 0 saturated carbocycles. The van der Waals surface area contributed by atoms with Crippen LogP contribution < -0.4 is 15.2 Å². The SMILES string of the molecule is COc1cc(S(=O)(=O)NCCc2nncn2C)ccc1N. The average Bonchev–Trinajstić information content (AvgIpc) is 2.84. The average molecular weight is 311 g/mol. The molecule has 2 rings (SSSR count). The lowest BCUT2D eigenvalue weighted by atomic mass is 10.3. The van der Waals surface area contributed by atoms with Crippen molar-refractivity contribution in [3.8, 4) is 5.75 Å². The molecule has 0 amide bonds. The van der Waals surface area contributed by atoms with Crippen LogP contribution in [0.5, 0.6) is 5.75 Å². The molecular weight excluding hydrogens is 294 g/mol. The largest absolute Gasteiger partial charge is 0.495 e. The summed E-state index contributed by atoms with van der Waals surface area (Å²) in [6.07, 6.45) is 2.01. The molecule has 0 saturated heterocycles. The summed E-state index contributed by atoms with van der Waals surface area (Å²) in [6.45, 7) is 0.224. The summed E-state index contributed by atoms with van der Waals surface area (Å²) in [4.78, 5) is 0.103. The summed E-state index contributed by atoms with van der Waals surface area (Å²) in [5, 5.41) is 7.62. The molecule has 0 fully saturated rings. The molecule has 0 radical (unpaired) electrons. The number of nitrogens with two attached hydrogens (primary N) is 1. The van der Waals surface area contributed by atoms with Crippen molar-refractivity contribution in [2.24, 2.45) is 7.05 Å². The van der Waals surface area contributed by atoms with Crippen molar-refractivity contribution < 1.29 is 13.2 Å². The van der Waals surface area contributed by atoms with Gasteiger partial charge in [0.2, 0.25) is 10.0 Å². The second-order valence-corrected chi connectivity index (χ2v) is 6.18. The van der Waals surface area contributed by atoms with E-state index in [1.807, 2.05) is 0 Å². The Morgan fingerprint density at radius 1 is 1.43 bits per heavy atom. The van der Waals surface area contributed by atoms with Crippen LogP contribution in [0.15, 0.2) is 29.4 Å². The second kappa shape index (κ2) is 6.10. The van der Waals surface area contributed by atoms with Crippen molar-refractivity contribution in [3.05, 3.63) is 30.4 Å². The summed E-state index contributed by atoms with van der Waals surface area (Å²) >= 11 is 0. The van der Waals surface area contributed by atoms with Gasteiger partial charge < -0.3 is 15.0 Å². The van der Waals surface area contributed by atoms with E-state index >= 15 is 0 Å². The number of nitrogens with zero attached hydrogens (tertiary/aromatic N) is 3. The molecule has 0 aliphatic rings. The number of hydrogen-bond acceptors (Lipinski definition) is 6. The van der Waals surface area contributed by atoms with E-state index in [4.69, 9.17) is 10.5 Å². The fourth-order valence-corrected chi connectivity index (χ4v) is 2.82. The van der Waals surface area contributed by atoms with Crippen LogP contribution in [-0.4, -0.2) is 36.8 Å². The van der Waals surface area contributed by atoms with Crippen molar-refractivity contribution >= 4 is 15.7 Å². The first kappa shape index (κ1) is 15.3. The highest BCUT2D eigenvalue weighted by Gasteiger charge is 2.16. The summed E-state index contributed by atoms with van der Waals surface area (Å²) in [5.41, 5.74) is 6.05. The molecule has 1 heterocycles. The molecule has 114 valence electrons. The third-order valence-corrected chi connectivity index (χ3v) is 4.42. The minimum absolute atomic E-state index is 0.103. The molecule has 0 aliphatic heterocycles. The Hall–Kier alpha value is -2.13. The number of sulfonamides is 1. The Labute approximate surface area is 123 Å². The molecule has 0 spiro atoms. The Morgan fingerprint density at radius 2 is 2.19 bits per heavy atom. The van der Waals surface area contributed by atoms with Gasteiger partial charge in [-0.1, -0.05) is 0 Å². The number of rotatable bonds is 6. The van der Waals surface area contributed by atoms with Gasteiger partial charge in [0, 0.05) is 26.1 Å². The zero-order valence-electron chi connectivity index (χ0n) is 11.8. The van der Waals surface area contributed by atoms with Crippen LogP contribution >= 0.6 is 0 Å². The summed E-state index contributed by atoms with van der Waals surface area (Å²) in [7, 11) is -0.384. The van der Waals surface area contributed by atoms with Crippen molar-refractivity contribution in [1.29, 1.82) is 0 Å². The molecule has 0 unspecified atom stereocenters. The molecule has 0 atom stereocenters. The van der Waals surface area contributed by atoms with E-state index in [2.05, 4.69) is 14.9 Å². The Morgan fingerprint density at radius 3 is 2.81 bits per heavy atom. The van der Waals surface area contributed by atoms with Crippen LogP contribution in [-0.2, 0) is 23.5 Å². The van der Waals surface area contributed by atoms with Gasteiger partial charge in [0.25, 0.3) is 0 Å². The van der Waals surface area contributed by atoms with Gasteiger partial charge >= 0.3 is 0 Å². The predicted octanol–water partition coefficient (Wildman–Crippen LogP) is -0.0731. The lowest BCUT2D eigenvalue weighted by Gasteiger charge is -2.09. The Bertz CT molecular complexity index is 726.